The summed E-state index contributed by atoms with van der Waals surface area (Å²) in [5, 5.41) is 4.07. The van der Waals surface area contributed by atoms with Gasteiger partial charge in [-0.2, -0.15) is 0 Å². The number of ether oxygens (including phenoxy) is 1. The van der Waals surface area contributed by atoms with Crippen LogP contribution < -0.4 is 5.32 Å². The van der Waals surface area contributed by atoms with Crippen molar-refractivity contribution in [1.29, 1.82) is 0 Å². The Morgan fingerprint density at radius 1 is 1.36 bits per heavy atom. The molecule has 0 aromatic carbocycles. The van der Waals surface area contributed by atoms with Gasteiger partial charge in [-0.05, 0) is 63.7 Å². The van der Waals surface area contributed by atoms with Crippen LogP contribution in [0.4, 0.5) is 0 Å². The number of methoxy groups -OCH3 is 1. The number of aryl methyl sites for hydroxylation is 1. The molecular weight excluding hydrogens is 372 g/mol. The molecule has 1 saturated heterocycles. The third kappa shape index (κ3) is 3.76. The van der Waals surface area contributed by atoms with Gasteiger partial charge in [0.2, 0.25) is 0 Å². The van der Waals surface area contributed by atoms with Gasteiger partial charge in [-0.3, -0.25) is 9.78 Å². The quantitative estimate of drug-likeness (QED) is 0.590. The average molecular weight is 401 g/mol. The zero-order valence-corrected chi connectivity index (χ0v) is 17.9. The van der Waals surface area contributed by atoms with Crippen molar-refractivity contribution in [2.75, 3.05) is 13.7 Å². The van der Waals surface area contributed by atoms with Crippen molar-refractivity contribution in [3.05, 3.63) is 53.1 Å². The SMILES string of the molecule is COC(=O)CCN1C(=S)N[C@@H](c2ccccn2)[C@@H]1c1cc(C)n(C(C)C)c1C. The first kappa shape index (κ1) is 20.3. The molecule has 1 aliphatic rings. The van der Waals surface area contributed by atoms with Gasteiger partial charge in [0.1, 0.15) is 0 Å². The van der Waals surface area contributed by atoms with Gasteiger partial charge in [0, 0.05) is 30.2 Å². The van der Waals surface area contributed by atoms with Gasteiger partial charge >= 0.3 is 5.97 Å². The summed E-state index contributed by atoms with van der Waals surface area (Å²) in [6.07, 6.45) is 2.08. The maximum absolute atomic E-state index is 11.8. The Balaban J connectivity index is 2.05. The molecular formula is C21H28N4O2S. The number of nitrogens with zero attached hydrogens (tertiary/aromatic N) is 3. The fraction of sp³-hybridized carbons (Fsp3) is 0.476. The van der Waals surface area contributed by atoms with E-state index in [0.717, 1.165) is 5.69 Å². The molecule has 3 heterocycles. The summed E-state index contributed by atoms with van der Waals surface area (Å²) in [5.74, 6) is -0.240. The minimum absolute atomic E-state index is 0.0363. The lowest BCUT2D eigenvalue weighted by Gasteiger charge is -2.28. The molecule has 6 nitrogen and oxygen atoms in total. The zero-order valence-electron chi connectivity index (χ0n) is 17.1. The summed E-state index contributed by atoms with van der Waals surface area (Å²) in [7, 11) is 1.41. The molecule has 2 aromatic heterocycles. The maximum atomic E-state index is 11.8. The average Bonchev–Trinajstić information content (AvgIpc) is 3.15. The van der Waals surface area contributed by atoms with Crippen LogP contribution in [0.2, 0.25) is 0 Å². The van der Waals surface area contributed by atoms with E-state index in [2.05, 4.69) is 53.5 Å². The number of carbonyl (C=O) groups excluding carboxylic acids is 1. The molecule has 7 heteroatoms. The Labute approximate surface area is 171 Å². The van der Waals surface area contributed by atoms with Gasteiger partial charge in [0.05, 0.1) is 31.3 Å². The van der Waals surface area contributed by atoms with Crippen LogP contribution in [0.25, 0.3) is 0 Å². The number of thiocarbonyl (C=S) groups is 1. The lowest BCUT2D eigenvalue weighted by Crippen LogP contribution is -2.32. The molecule has 0 spiro atoms. The number of pyridine rings is 1. The molecule has 1 fully saturated rings. The van der Waals surface area contributed by atoms with Crippen LogP contribution in [0.5, 0.6) is 0 Å². The normalized spacial score (nSPS) is 19.2. The number of hydrogen-bond acceptors (Lipinski definition) is 4. The molecule has 1 N–H and O–H groups in total. The second-order valence-electron chi connectivity index (χ2n) is 7.44. The molecule has 2 atom stereocenters. The van der Waals surface area contributed by atoms with Crippen molar-refractivity contribution in [2.45, 2.75) is 52.2 Å². The van der Waals surface area contributed by atoms with Crippen molar-refractivity contribution in [1.82, 2.24) is 19.8 Å². The summed E-state index contributed by atoms with van der Waals surface area (Å²) in [4.78, 5) is 18.4. The summed E-state index contributed by atoms with van der Waals surface area (Å²) in [6, 6.07) is 8.39. The van der Waals surface area contributed by atoms with Crippen LogP contribution in [-0.2, 0) is 9.53 Å². The third-order valence-electron chi connectivity index (χ3n) is 5.34. The molecule has 150 valence electrons. The lowest BCUT2D eigenvalue weighted by molar-refractivity contribution is -0.140. The molecule has 0 aliphatic carbocycles. The van der Waals surface area contributed by atoms with Gasteiger partial charge < -0.3 is 19.5 Å². The van der Waals surface area contributed by atoms with Crippen molar-refractivity contribution in [2.24, 2.45) is 0 Å². The van der Waals surface area contributed by atoms with Crippen LogP contribution in [0.3, 0.4) is 0 Å². The van der Waals surface area contributed by atoms with E-state index >= 15 is 0 Å². The summed E-state index contributed by atoms with van der Waals surface area (Å²) in [5.41, 5.74) is 4.57. The van der Waals surface area contributed by atoms with Gasteiger partial charge in [0.15, 0.2) is 5.11 Å². The highest BCUT2D eigenvalue weighted by Gasteiger charge is 2.41. The van der Waals surface area contributed by atoms with Crippen molar-refractivity contribution in [3.63, 3.8) is 0 Å². The fourth-order valence-electron chi connectivity index (χ4n) is 4.20. The summed E-state index contributed by atoms with van der Waals surface area (Å²) in [6.45, 7) is 9.15. The first-order valence-electron chi connectivity index (χ1n) is 9.58. The second-order valence-corrected chi connectivity index (χ2v) is 7.82. The number of nitrogens with one attached hydrogen (secondary N) is 1. The molecule has 0 bridgehead atoms. The van der Waals surface area contributed by atoms with Crippen LogP contribution in [0, 0.1) is 13.8 Å². The van der Waals surface area contributed by atoms with Gasteiger partial charge in [0.25, 0.3) is 0 Å². The second kappa shape index (κ2) is 8.31. The van der Waals surface area contributed by atoms with Gasteiger partial charge in [-0.15, -0.1) is 0 Å². The molecule has 1 aliphatic heterocycles. The Morgan fingerprint density at radius 3 is 2.68 bits per heavy atom. The zero-order chi connectivity index (χ0) is 20.4. The number of hydrogen-bond donors (Lipinski definition) is 1. The smallest absolute Gasteiger partial charge is 0.307 e. The van der Waals surface area contributed by atoms with Crippen molar-refractivity contribution >= 4 is 23.3 Å². The van der Waals surface area contributed by atoms with E-state index in [9.17, 15) is 4.79 Å². The molecule has 28 heavy (non-hydrogen) atoms. The first-order chi connectivity index (χ1) is 13.3. The van der Waals surface area contributed by atoms with E-state index in [0.29, 0.717) is 17.7 Å². The predicted molar refractivity (Wildman–Crippen MR) is 113 cm³/mol. The topological polar surface area (TPSA) is 59.4 Å². The number of carbonyl (C=O) groups is 1. The maximum Gasteiger partial charge on any atom is 0.307 e. The Bertz CT molecular complexity index is 863. The third-order valence-corrected chi connectivity index (χ3v) is 5.69. The van der Waals surface area contributed by atoms with Crippen molar-refractivity contribution in [3.8, 4) is 0 Å². The minimum Gasteiger partial charge on any atom is -0.469 e. The van der Waals surface area contributed by atoms with Crippen LogP contribution >= 0.6 is 12.2 Å². The minimum atomic E-state index is -0.240. The number of esters is 1. The van der Waals surface area contributed by atoms with E-state index < -0.39 is 0 Å². The van der Waals surface area contributed by atoms with E-state index in [4.69, 9.17) is 17.0 Å². The van der Waals surface area contributed by atoms with E-state index in [-0.39, 0.29) is 24.5 Å². The Hall–Kier alpha value is -2.41. The summed E-state index contributed by atoms with van der Waals surface area (Å²) >= 11 is 5.65. The molecule has 0 unspecified atom stereocenters. The highest BCUT2D eigenvalue weighted by Crippen LogP contribution is 2.41. The van der Waals surface area contributed by atoms with E-state index in [1.54, 1.807) is 6.20 Å². The van der Waals surface area contributed by atoms with Gasteiger partial charge in [-0.1, -0.05) is 6.07 Å². The van der Waals surface area contributed by atoms with E-state index in [1.165, 1.54) is 24.1 Å². The van der Waals surface area contributed by atoms with Crippen molar-refractivity contribution < 1.29 is 9.53 Å². The molecule has 0 radical (unpaired) electrons. The molecule has 0 amide bonds. The number of aromatic nitrogens is 2. The first-order valence-corrected chi connectivity index (χ1v) is 9.99. The monoisotopic (exact) mass is 400 g/mol. The lowest BCUT2D eigenvalue weighted by atomic mass is 9.96. The number of rotatable bonds is 6. The van der Waals surface area contributed by atoms with Crippen LogP contribution in [-0.4, -0.2) is 39.2 Å². The largest absolute Gasteiger partial charge is 0.469 e. The molecule has 0 saturated carbocycles. The Morgan fingerprint density at radius 2 is 2.11 bits per heavy atom. The Kier molecular flexibility index (Phi) is 6.03. The summed E-state index contributed by atoms with van der Waals surface area (Å²) < 4.78 is 7.17. The molecule has 3 rings (SSSR count). The van der Waals surface area contributed by atoms with Gasteiger partial charge in [-0.25, -0.2) is 0 Å². The predicted octanol–water partition coefficient (Wildman–Crippen LogP) is 3.62. The van der Waals surface area contributed by atoms with Crippen LogP contribution in [0.1, 0.15) is 61.0 Å². The standard InChI is InChI=1S/C21H28N4O2S/c1-13(2)25-14(3)12-16(15(25)4)20-19(17-8-6-7-10-22-17)23-21(28)24(20)11-9-18(26)27-5/h6-8,10,12-13,19-20H,9,11H2,1-5H3,(H,23,28)/t19-,20-/m0/s1. The highest BCUT2D eigenvalue weighted by molar-refractivity contribution is 7.80. The van der Waals surface area contributed by atoms with Crippen LogP contribution in [0.15, 0.2) is 30.5 Å². The highest BCUT2D eigenvalue weighted by atomic mass is 32.1. The fourth-order valence-corrected chi connectivity index (χ4v) is 4.53. The van der Waals surface area contributed by atoms with E-state index in [1.807, 2.05) is 18.2 Å². The molecule has 2 aromatic rings.